The number of aryl methyl sites for hydroxylation is 2. The van der Waals surface area contributed by atoms with Crippen LogP contribution < -0.4 is 5.32 Å². The van der Waals surface area contributed by atoms with Gasteiger partial charge in [0.2, 0.25) is 0 Å². The minimum atomic E-state index is 1.03. The largest absolute Gasteiger partial charge is 0.385 e. The number of para-hydroxylation sites is 1. The molecule has 0 aromatic heterocycles. The number of rotatable bonds is 7. The molecule has 1 N–H and O–H groups in total. The van der Waals surface area contributed by atoms with Crippen molar-refractivity contribution in [1.29, 1.82) is 0 Å². The highest BCUT2D eigenvalue weighted by Crippen LogP contribution is 2.09. The Hall–Kier alpha value is -1.76. The Morgan fingerprint density at radius 2 is 1.42 bits per heavy atom. The molecule has 0 atom stereocenters. The van der Waals surface area contributed by atoms with E-state index in [1.165, 1.54) is 36.1 Å². The highest BCUT2D eigenvalue weighted by Gasteiger charge is 1.95. The monoisotopic (exact) mass is 253 g/mol. The van der Waals surface area contributed by atoms with Gasteiger partial charge in [-0.05, 0) is 42.5 Å². The Kier molecular flexibility index (Phi) is 5.49. The van der Waals surface area contributed by atoms with Crippen LogP contribution in [0.15, 0.2) is 54.6 Å². The van der Waals surface area contributed by atoms with Crippen LogP contribution in [0.25, 0.3) is 0 Å². The van der Waals surface area contributed by atoms with Gasteiger partial charge in [0.25, 0.3) is 0 Å². The molecule has 0 amide bonds. The van der Waals surface area contributed by atoms with Gasteiger partial charge in [0.05, 0.1) is 0 Å². The summed E-state index contributed by atoms with van der Waals surface area (Å²) in [4.78, 5) is 0. The molecule has 2 aromatic rings. The van der Waals surface area contributed by atoms with E-state index in [2.05, 4.69) is 60.8 Å². The zero-order chi connectivity index (χ0) is 13.3. The third kappa shape index (κ3) is 4.78. The van der Waals surface area contributed by atoms with E-state index in [0.717, 1.165) is 13.0 Å². The van der Waals surface area contributed by atoms with Crippen LogP contribution in [0.3, 0.4) is 0 Å². The van der Waals surface area contributed by atoms with Gasteiger partial charge in [-0.1, -0.05) is 55.8 Å². The molecule has 2 aromatic carbocycles. The summed E-state index contributed by atoms with van der Waals surface area (Å²) in [5.41, 5.74) is 4.10. The van der Waals surface area contributed by atoms with Gasteiger partial charge in [0.15, 0.2) is 0 Å². The molecule has 0 aliphatic heterocycles. The first kappa shape index (κ1) is 13.7. The molecule has 0 aliphatic rings. The smallest absolute Gasteiger partial charge is 0.0340 e. The van der Waals surface area contributed by atoms with Crippen molar-refractivity contribution >= 4 is 5.69 Å². The van der Waals surface area contributed by atoms with Crippen molar-refractivity contribution in [1.82, 2.24) is 0 Å². The van der Waals surface area contributed by atoms with Gasteiger partial charge in [0, 0.05) is 12.2 Å². The Morgan fingerprint density at radius 3 is 2.05 bits per heavy atom. The summed E-state index contributed by atoms with van der Waals surface area (Å²) in [6.07, 6.45) is 4.73. The predicted molar refractivity (Wildman–Crippen MR) is 83.7 cm³/mol. The van der Waals surface area contributed by atoms with Crippen LogP contribution in [-0.2, 0) is 12.8 Å². The lowest BCUT2D eigenvalue weighted by atomic mass is 10.0. The van der Waals surface area contributed by atoms with E-state index in [1.807, 2.05) is 6.07 Å². The summed E-state index contributed by atoms with van der Waals surface area (Å²) in [5, 5.41) is 3.45. The molecule has 0 spiro atoms. The first-order chi connectivity index (χ1) is 9.38. The van der Waals surface area contributed by atoms with Crippen LogP contribution in [0.5, 0.6) is 0 Å². The second kappa shape index (κ2) is 7.63. The highest BCUT2D eigenvalue weighted by molar-refractivity contribution is 5.42. The fourth-order valence-electron chi connectivity index (χ4n) is 2.24. The molecule has 100 valence electrons. The molecule has 0 bridgehead atoms. The average molecular weight is 253 g/mol. The SMILES string of the molecule is CCCc1ccc(CCCNc2ccccc2)cc1. The predicted octanol–water partition coefficient (Wildman–Crippen LogP) is 4.68. The van der Waals surface area contributed by atoms with Crippen molar-refractivity contribution in [3.63, 3.8) is 0 Å². The van der Waals surface area contributed by atoms with E-state index in [9.17, 15) is 0 Å². The second-order valence-electron chi connectivity index (χ2n) is 4.96. The molecule has 1 nitrogen and oxygen atoms in total. The fourth-order valence-corrected chi connectivity index (χ4v) is 2.24. The minimum absolute atomic E-state index is 1.03. The number of benzene rings is 2. The van der Waals surface area contributed by atoms with Gasteiger partial charge in [0.1, 0.15) is 0 Å². The van der Waals surface area contributed by atoms with Crippen LogP contribution in [-0.4, -0.2) is 6.54 Å². The number of anilines is 1. The number of hydrogen-bond donors (Lipinski definition) is 1. The van der Waals surface area contributed by atoms with Gasteiger partial charge in [-0.15, -0.1) is 0 Å². The van der Waals surface area contributed by atoms with Crippen molar-refractivity contribution in [2.75, 3.05) is 11.9 Å². The normalized spacial score (nSPS) is 10.4. The van der Waals surface area contributed by atoms with Gasteiger partial charge in [-0.25, -0.2) is 0 Å². The summed E-state index contributed by atoms with van der Waals surface area (Å²) >= 11 is 0. The molecule has 0 saturated heterocycles. The number of nitrogens with one attached hydrogen (secondary N) is 1. The Labute approximate surface area is 116 Å². The molecule has 2 rings (SSSR count). The van der Waals surface area contributed by atoms with E-state index >= 15 is 0 Å². The van der Waals surface area contributed by atoms with E-state index in [4.69, 9.17) is 0 Å². The molecule has 19 heavy (non-hydrogen) atoms. The van der Waals surface area contributed by atoms with Crippen molar-refractivity contribution in [3.8, 4) is 0 Å². The summed E-state index contributed by atoms with van der Waals surface area (Å²) < 4.78 is 0. The molecular weight excluding hydrogens is 230 g/mol. The Bertz CT molecular complexity index is 459. The lowest BCUT2D eigenvalue weighted by Crippen LogP contribution is -2.02. The van der Waals surface area contributed by atoms with E-state index < -0.39 is 0 Å². The summed E-state index contributed by atoms with van der Waals surface area (Å²) in [6, 6.07) is 19.5. The van der Waals surface area contributed by atoms with Gasteiger partial charge in [-0.3, -0.25) is 0 Å². The maximum absolute atomic E-state index is 3.45. The first-order valence-electron chi connectivity index (χ1n) is 7.25. The molecule has 0 fully saturated rings. The molecule has 0 aliphatic carbocycles. The van der Waals surface area contributed by atoms with Gasteiger partial charge >= 0.3 is 0 Å². The topological polar surface area (TPSA) is 12.0 Å². The summed E-state index contributed by atoms with van der Waals surface area (Å²) in [6.45, 7) is 3.25. The van der Waals surface area contributed by atoms with Crippen LogP contribution in [0.2, 0.25) is 0 Å². The zero-order valence-corrected chi connectivity index (χ0v) is 11.7. The maximum Gasteiger partial charge on any atom is 0.0340 e. The van der Waals surface area contributed by atoms with E-state index in [0.29, 0.717) is 0 Å². The molecule has 0 radical (unpaired) electrons. The highest BCUT2D eigenvalue weighted by atomic mass is 14.9. The second-order valence-corrected chi connectivity index (χ2v) is 4.96. The zero-order valence-electron chi connectivity index (χ0n) is 11.7. The Morgan fingerprint density at radius 1 is 0.789 bits per heavy atom. The van der Waals surface area contributed by atoms with Crippen LogP contribution in [0, 0.1) is 0 Å². The third-order valence-corrected chi connectivity index (χ3v) is 3.31. The lowest BCUT2D eigenvalue weighted by molar-refractivity contribution is 0.859. The van der Waals surface area contributed by atoms with E-state index in [1.54, 1.807) is 0 Å². The first-order valence-corrected chi connectivity index (χ1v) is 7.25. The van der Waals surface area contributed by atoms with Gasteiger partial charge in [-0.2, -0.15) is 0 Å². The summed E-state index contributed by atoms with van der Waals surface area (Å²) in [5.74, 6) is 0. The van der Waals surface area contributed by atoms with Crippen LogP contribution >= 0.6 is 0 Å². The maximum atomic E-state index is 3.45. The van der Waals surface area contributed by atoms with Crippen molar-refractivity contribution in [2.24, 2.45) is 0 Å². The van der Waals surface area contributed by atoms with Crippen molar-refractivity contribution in [3.05, 3.63) is 65.7 Å². The molecule has 0 unspecified atom stereocenters. The van der Waals surface area contributed by atoms with Crippen molar-refractivity contribution < 1.29 is 0 Å². The summed E-state index contributed by atoms with van der Waals surface area (Å²) in [7, 11) is 0. The van der Waals surface area contributed by atoms with Gasteiger partial charge < -0.3 is 5.32 Å². The molecule has 1 heteroatoms. The van der Waals surface area contributed by atoms with Crippen LogP contribution in [0.1, 0.15) is 30.9 Å². The van der Waals surface area contributed by atoms with E-state index in [-0.39, 0.29) is 0 Å². The van der Waals surface area contributed by atoms with Crippen molar-refractivity contribution in [2.45, 2.75) is 32.6 Å². The van der Waals surface area contributed by atoms with Crippen LogP contribution in [0.4, 0.5) is 5.69 Å². The Balaban J connectivity index is 1.70. The fraction of sp³-hybridized carbons (Fsp3) is 0.333. The quantitative estimate of drug-likeness (QED) is 0.706. The third-order valence-electron chi connectivity index (χ3n) is 3.31. The lowest BCUT2D eigenvalue weighted by Gasteiger charge is -2.06. The molecule has 0 saturated carbocycles. The minimum Gasteiger partial charge on any atom is -0.385 e. The molecular formula is C18H23N. The molecule has 0 heterocycles. The standard InChI is InChI=1S/C18H23N/c1-2-7-16-11-13-17(14-12-16)8-6-15-19-18-9-4-3-5-10-18/h3-5,9-14,19H,2,6-8,15H2,1H3. The number of hydrogen-bond acceptors (Lipinski definition) is 1. The average Bonchev–Trinajstić information content (AvgIpc) is 2.47.